The van der Waals surface area contributed by atoms with Crippen LogP contribution < -0.4 is 10.6 Å². The molecule has 0 spiro atoms. The summed E-state index contributed by atoms with van der Waals surface area (Å²) in [5.41, 5.74) is 2.50. The van der Waals surface area contributed by atoms with Crippen LogP contribution in [0.4, 0.5) is 0 Å². The second kappa shape index (κ2) is 4.66. The van der Waals surface area contributed by atoms with E-state index in [-0.39, 0.29) is 11.8 Å². The minimum absolute atomic E-state index is 0.0697. The molecule has 1 amide bonds. The van der Waals surface area contributed by atoms with Crippen LogP contribution in [0.15, 0.2) is 24.3 Å². The summed E-state index contributed by atoms with van der Waals surface area (Å²) in [4.78, 5) is 11.9. The first-order chi connectivity index (χ1) is 7.72. The number of hydrogen-bond donors (Lipinski definition) is 2. The van der Waals surface area contributed by atoms with Gasteiger partial charge >= 0.3 is 0 Å². The van der Waals surface area contributed by atoms with Gasteiger partial charge in [0.05, 0.1) is 5.92 Å². The van der Waals surface area contributed by atoms with E-state index in [4.69, 9.17) is 0 Å². The molecule has 2 atom stereocenters. The summed E-state index contributed by atoms with van der Waals surface area (Å²) in [7, 11) is 1.90. The van der Waals surface area contributed by atoms with Crippen LogP contribution in [-0.4, -0.2) is 25.5 Å². The minimum Gasteiger partial charge on any atom is -0.354 e. The third-order valence-electron chi connectivity index (χ3n) is 3.25. The van der Waals surface area contributed by atoms with Gasteiger partial charge in [0.1, 0.15) is 0 Å². The van der Waals surface area contributed by atoms with Gasteiger partial charge < -0.3 is 10.6 Å². The summed E-state index contributed by atoms with van der Waals surface area (Å²) in [6.07, 6.45) is 0.885. The topological polar surface area (TPSA) is 41.1 Å². The van der Waals surface area contributed by atoms with Crippen LogP contribution >= 0.6 is 0 Å². The molecule has 2 unspecified atom stereocenters. The number of nitrogens with one attached hydrogen (secondary N) is 2. The van der Waals surface area contributed by atoms with Crippen molar-refractivity contribution in [1.29, 1.82) is 0 Å². The molecule has 3 nitrogen and oxygen atoms in total. The molecule has 1 aliphatic carbocycles. The van der Waals surface area contributed by atoms with Crippen molar-refractivity contribution >= 4 is 5.91 Å². The van der Waals surface area contributed by atoms with Gasteiger partial charge in [-0.25, -0.2) is 0 Å². The van der Waals surface area contributed by atoms with E-state index in [1.54, 1.807) is 0 Å². The molecular weight excluding hydrogens is 200 g/mol. The first-order valence-electron chi connectivity index (χ1n) is 5.75. The molecule has 86 valence electrons. The van der Waals surface area contributed by atoms with Crippen molar-refractivity contribution in [3.63, 3.8) is 0 Å². The molecule has 1 aromatic carbocycles. The summed E-state index contributed by atoms with van der Waals surface area (Å²) in [6.45, 7) is 2.74. The molecule has 0 aliphatic heterocycles. The minimum atomic E-state index is 0.0697. The predicted octanol–water partition coefficient (Wildman–Crippen LogP) is 1.05. The van der Waals surface area contributed by atoms with Gasteiger partial charge in [-0.15, -0.1) is 0 Å². The Morgan fingerprint density at radius 2 is 2.25 bits per heavy atom. The smallest absolute Gasteiger partial charge is 0.227 e. The lowest BCUT2D eigenvalue weighted by Gasteiger charge is -2.29. The Morgan fingerprint density at radius 3 is 2.94 bits per heavy atom. The number of carbonyl (C=O) groups excluding carboxylic acids is 1. The molecule has 16 heavy (non-hydrogen) atoms. The van der Waals surface area contributed by atoms with E-state index in [0.717, 1.165) is 6.42 Å². The van der Waals surface area contributed by atoms with E-state index >= 15 is 0 Å². The Morgan fingerprint density at radius 1 is 1.50 bits per heavy atom. The lowest BCUT2D eigenvalue weighted by molar-refractivity contribution is -0.123. The summed E-state index contributed by atoms with van der Waals surface area (Å²) in [5, 5.41) is 6.07. The first-order valence-corrected chi connectivity index (χ1v) is 5.75. The molecule has 2 rings (SSSR count). The maximum atomic E-state index is 11.9. The Bertz CT molecular complexity index is 389. The number of hydrogen-bond acceptors (Lipinski definition) is 2. The summed E-state index contributed by atoms with van der Waals surface area (Å²) in [5.74, 6) is 0.223. The fourth-order valence-electron chi connectivity index (χ4n) is 1.97. The predicted molar refractivity (Wildman–Crippen MR) is 64.4 cm³/mol. The summed E-state index contributed by atoms with van der Waals surface area (Å²) in [6, 6.07) is 8.48. The second-order valence-corrected chi connectivity index (χ2v) is 4.39. The van der Waals surface area contributed by atoms with Crippen LogP contribution in [0.25, 0.3) is 0 Å². The van der Waals surface area contributed by atoms with Crippen molar-refractivity contribution in [3.8, 4) is 0 Å². The van der Waals surface area contributed by atoms with Crippen LogP contribution in [0.5, 0.6) is 0 Å². The van der Waals surface area contributed by atoms with E-state index in [9.17, 15) is 4.79 Å². The Kier molecular flexibility index (Phi) is 3.25. The van der Waals surface area contributed by atoms with Gasteiger partial charge in [0.2, 0.25) is 5.91 Å². The average molecular weight is 218 g/mol. The zero-order valence-corrected chi connectivity index (χ0v) is 9.79. The quantitative estimate of drug-likeness (QED) is 0.793. The number of likely N-dealkylation sites (N-methyl/N-ethyl adjacent to an activating group) is 1. The van der Waals surface area contributed by atoms with Gasteiger partial charge in [0.15, 0.2) is 0 Å². The normalized spacial score (nSPS) is 19.5. The molecule has 1 aliphatic rings. The first kappa shape index (κ1) is 11.1. The zero-order chi connectivity index (χ0) is 11.5. The standard InChI is InChI=1S/C13H18N2O/c1-9(14-2)8-15-13(16)12-7-10-5-3-4-6-11(10)12/h3-6,9,12,14H,7-8H2,1-2H3,(H,15,16). The Hall–Kier alpha value is -1.35. The van der Waals surface area contributed by atoms with Gasteiger partial charge in [-0.3, -0.25) is 4.79 Å². The summed E-state index contributed by atoms with van der Waals surface area (Å²) >= 11 is 0. The van der Waals surface area contributed by atoms with Crippen LogP contribution in [0.3, 0.4) is 0 Å². The fourth-order valence-corrected chi connectivity index (χ4v) is 1.97. The van der Waals surface area contributed by atoms with Crippen molar-refractivity contribution in [2.75, 3.05) is 13.6 Å². The van der Waals surface area contributed by atoms with Crippen LogP contribution in [0.2, 0.25) is 0 Å². The van der Waals surface area contributed by atoms with Crippen molar-refractivity contribution in [2.45, 2.75) is 25.3 Å². The van der Waals surface area contributed by atoms with E-state index in [0.29, 0.717) is 12.6 Å². The highest BCUT2D eigenvalue weighted by Gasteiger charge is 2.31. The molecule has 0 saturated carbocycles. The highest BCUT2D eigenvalue weighted by molar-refractivity contribution is 5.86. The van der Waals surface area contributed by atoms with E-state index in [1.165, 1.54) is 11.1 Å². The van der Waals surface area contributed by atoms with Gasteiger partial charge in [0, 0.05) is 12.6 Å². The molecule has 0 radical (unpaired) electrons. The van der Waals surface area contributed by atoms with Crippen LogP contribution in [-0.2, 0) is 11.2 Å². The van der Waals surface area contributed by atoms with Crippen molar-refractivity contribution in [3.05, 3.63) is 35.4 Å². The number of amides is 1. The molecule has 0 bridgehead atoms. The molecule has 1 aromatic rings. The largest absolute Gasteiger partial charge is 0.354 e. The lowest BCUT2D eigenvalue weighted by Crippen LogP contribution is -2.41. The molecule has 0 fully saturated rings. The van der Waals surface area contributed by atoms with Crippen molar-refractivity contribution < 1.29 is 4.79 Å². The van der Waals surface area contributed by atoms with Gasteiger partial charge in [-0.2, -0.15) is 0 Å². The third-order valence-corrected chi connectivity index (χ3v) is 3.25. The van der Waals surface area contributed by atoms with E-state index in [2.05, 4.69) is 23.6 Å². The molecule has 0 aromatic heterocycles. The van der Waals surface area contributed by atoms with Crippen molar-refractivity contribution in [2.24, 2.45) is 0 Å². The average Bonchev–Trinajstić information content (AvgIpc) is 2.27. The lowest BCUT2D eigenvalue weighted by atomic mass is 9.77. The van der Waals surface area contributed by atoms with Gasteiger partial charge in [-0.05, 0) is 31.5 Å². The molecule has 0 heterocycles. The number of benzene rings is 1. The highest BCUT2D eigenvalue weighted by Crippen LogP contribution is 2.34. The monoisotopic (exact) mass is 218 g/mol. The summed E-state index contributed by atoms with van der Waals surface area (Å²) < 4.78 is 0. The van der Waals surface area contributed by atoms with E-state index in [1.807, 2.05) is 25.2 Å². The maximum absolute atomic E-state index is 11.9. The molecule has 2 N–H and O–H groups in total. The number of rotatable bonds is 4. The maximum Gasteiger partial charge on any atom is 0.227 e. The second-order valence-electron chi connectivity index (χ2n) is 4.39. The zero-order valence-electron chi connectivity index (χ0n) is 9.79. The van der Waals surface area contributed by atoms with Crippen LogP contribution in [0.1, 0.15) is 24.0 Å². The Balaban J connectivity index is 1.90. The Labute approximate surface area is 96.2 Å². The van der Waals surface area contributed by atoms with E-state index < -0.39 is 0 Å². The van der Waals surface area contributed by atoms with Crippen molar-refractivity contribution in [1.82, 2.24) is 10.6 Å². The van der Waals surface area contributed by atoms with Gasteiger partial charge in [0.25, 0.3) is 0 Å². The van der Waals surface area contributed by atoms with Gasteiger partial charge in [-0.1, -0.05) is 24.3 Å². The number of carbonyl (C=O) groups is 1. The third kappa shape index (κ3) is 2.09. The molecule has 0 saturated heterocycles. The van der Waals surface area contributed by atoms with Crippen LogP contribution in [0, 0.1) is 0 Å². The highest BCUT2D eigenvalue weighted by atomic mass is 16.1. The molecular formula is C13H18N2O. The SMILES string of the molecule is CNC(C)CNC(=O)C1Cc2ccccc21. The fraction of sp³-hybridized carbons (Fsp3) is 0.462. The molecule has 3 heteroatoms. The number of fused-ring (bicyclic) bond motifs is 1.